The molecule has 10 heteroatoms. The Morgan fingerprint density at radius 1 is 1.35 bits per heavy atom. The number of likely N-dealkylation sites (tertiary alicyclic amines) is 1. The number of amides is 3. The van der Waals surface area contributed by atoms with Crippen molar-refractivity contribution in [1.29, 1.82) is 0 Å². The Bertz CT molecular complexity index is 906. The van der Waals surface area contributed by atoms with Crippen molar-refractivity contribution in [2.24, 2.45) is 11.7 Å². The number of primary amides is 1. The predicted molar refractivity (Wildman–Crippen MR) is 140 cm³/mol. The molecule has 3 rings (SSSR count). The van der Waals surface area contributed by atoms with E-state index in [2.05, 4.69) is 40.8 Å². The molecule has 1 fully saturated rings. The largest absolute Gasteiger partial charge is 0.396 e. The maximum atomic E-state index is 11.7. The van der Waals surface area contributed by atoms with E-state index in [1.807, 2.05) is 43.3 Å². The van der Waals surface area contributed by atoms with Gasteiger partial charge in [0.05, 0.1) is 16.1 Å². The van der Waals surface area contributed by atoms with Crippen molar-refractivity contribution in [1.82, 2.24) is 15.2 Å². The number of nitrogens with one attached hydrogen (secondary N) is 1. The fourth-order valence-electron chi connectivity index (χ4n) is 3.20. The van der Waals surface area contributed by atoms with Crippen molar-refractivity contribution in [3.63, 3.8) is 0 Å². The molecular weight excluding hydrogens is 472 g/mol. The van der Waals surface area contributed by atoms with Gasteiger partial charge < -0.3 is 21.1 Å². The number of carbonyl (C=O) groups is 3. The Labute approximate surface area is 211 Å². The number of hydrogen-bond donors (Lipinski definition) is 4. The lowest BCUT2D eigenvalue weighted by atomic mass is 10.1. The summed E-state index contributed by atoms with van der Waals surface area (Å²) in [5, 5.41) is 11.6. The molecule has 1 aliphatic heterocycles. The molecule has 4 N–H and O–H groups in total. The molecule has 1 saturated heterocycles. The number of aliphatic hydroxyl groups excluding tert-OH is 1. The van der Waals surface area contributed by atoms with Crippen LogP contribution in [-0.2, 0) is 20.9 Å². The van der Waals surface area contributed by atoms with Gasteiger partial charge in [0.2, 0.25) is 18.2 Å². The van der Waals surface area contributed by atoms with Crippen molar-refractivity contribution in [3.8, 4) is 10.4 Å². The van der Waals surface area contributed by atoms with Gasteiger partial charge in [0, 0.05) is 50.3 Å². The predicted octanol–water partition coefficient (Wildman–Crippen LogP) is 2.78. The molecule has 0 spiro atoms. The minimum Gasteiger partial charge on any atom is -0.396 e. The summed E-state index contributed by atoms with van der Waals surface area (Å²) in [6.07, 6.45) is 2.10. The van der Waals surface area contributed by atoms with E-state index in [9.17, 15) is 14.4 Å². The van der Waals surface area contributed by atoms with Crippen LogP contribution in [0.5, 0.6) is 0 Å². The fourth-order valence-corrected chi connectivity index (χ4v) is 4.15. The van der Waals surface area contributed by atoms with E-state index in [4.69, 9.17) is 5.11 Å². The number of thiol groups is 1. The number of nitrogens with zero attached hydrogens (tertiary/aromatic N) is 2. The fraction of sp³-hybridized carbons (Fsp3) is 0.500. The maximum Gasteiger partial charge on any atom is 0.223 e. The number of thiazole rings is 1. The molecule has 0 bridgehead atoms. The number of rotatable bonds is 7. The van der Waals surface area contributed by atoms with Gasteiger partial charge in [-0.05, 0) is 24.5 Å². The quantitative estimate of drug-likeness (QED) is 0.338. The summed E-state index contributed by atoms with van der Waals surface area (Å²) >= 11 is 5.98. The molecule has 2 aromatic rings. The van der Waals surface area contributed by atoms with Gasteiger partial charge in [0.15, 0.2) is 0 Å². The second-order valence-corrected chi connectivity index (χ2v) is 10.8. The highest BCUT2D eigenvalue weighted by atomic mass is 32.1. The molecule has 1 aliphatic rings. The molecule has 2 heterocycles. The molecule has 1 aromatic heterocycles. The van der Waals surface area contributed by atoms with Crippen LogP contribution in [0.4, 0.5) is 0 Å². The average Bonchev–Trinajstić information content (AvgIpc) is 3.40. The van der Waals surface area contributed by atoms with E-state index in [-0.39, 0.29) is 29.1 Å². The number of aryl methyl sites for hydroxylation is 1. The second-order valence-electron chi connectivity index (χ2n) is 8.74. The summed E-state index contributed by atoms with van der Waals surface area (Å²) in [5.41, 5.74) is 9.66. The molecule has 188 valence electrons. The molecule has 1 unspecified atom stereocenters. The van der Waals surface area contributed by atoms with E-state index < -0.39 is 0 Å². The number of aromatic nitrogens is 1. The zero-order valence-corrected chi connectivity index (χ0v) is 22.0. The Morgan fingerprint density at radius 3 is 2.41 bits per heavy atom. The standard InChI is InChI=1S/C12H12N2OS.C10H19NO2S.C2H5NO/c1-9-12(16-8-14-9)11-4-2-10(3-5-11)6-13-7-15;1-10(2,14)5-9(13)11-4-3-8(6-11)7-12;1-2(3)4/h2-5,7-8H,6H2,1H3,(H,13,15);8,12,14H,3-7H2,1-2H3;1H3,(H2,3,4). The first kappa shape index (κ1) is 29.6. The zero-order valence-electron chi connectivity index (χ0n) is 20.3. The summed E-state index contributed by atoms with van der Waals surface area (Å²) in [5.74, 6) is 0.0999. The van der Waals surface area contributed by atoms with Crippen molar-refractivity contribution >= 4 is 42.2 Å². The molecule has 34 heavy (non-hydrogen) atoms. The molecule has 3 amide bonds. The van der Waals surface area contributed by atoms with E-state index in [0.717, 1.165) is 24.2 Å². The number of benzene rings is 1. The monoisotopic (exact) mass is 508 g/mol. The summed E-state index contributed by atoms with van der Waals surface area (Å²) in [4.78, 5) is 38.4. The smallest absolute Gasteiger partial charge is 0.223 e. The first-order valence-electron chi connectivity index (χ1n) is 11.0. The average molecular weight is 509 g/mol. The lowest BCUT2D eigenvalue weighted by Gasteiger charge is -2.22. The van der Waals surface area contributed by atoms with E-state index in [0.29, 0.717) is 25.9 Å². The minimum absolute atomic E-state index is 0.154. The zero-order chi connectivity index (χ0) is 25.7. The minimum atomic E-state index is -0.333. The SMILES string of the molecule is CC(C)(S)CC(=O)N1CCC(CO)C1.CC(N)=O.Cc1ncsc1-c1ccc(CNC=O)cc1. The van der Waals surface area contributed by atoms with Crippen LogP contribution in [0, 0.1) is 12.8 Å². The Kier molecular flexibility index (Phi) is 12.8. The first-order chi connectivity index (χ1) is 16.0. The molecule has 1 atom stereocenters. The number of aliphatic hydroxyl groups is 1. The number of nitrogens with two attached hydrogens (primary N) is 1. The molecule has 1 aromatic carbocycles. The number of carbonyl (C=O) groups excluding carboxylic acids is 3. The van der Waals surface area contributed by atoms with Gasteiger partial charge in [-0.15, -0.1) is 11.3 Å². The van der Waals surface area contributed by atoms with Crippen molar-refractivity contribution in [2.75, 3.05) is 19.7 Å². The molecule has 0 aliphatic carbocycles. The van der Waals surface area contributed by atoms with Crippen LogP contribution in [0.2, 0.25) is 0 Å². The summed E-state index contributed by atoms with van der Waals surface area (Å²) in [7, 11) is 0. The van der Waals surface area contributed by atoms with Gasteiger partial charge in [-0.2, -0.15) is 12.6 Å². The molecule has 0 radical (unpaired) electrons. The van der Waals surface area contributed by atoms with Crippen molar-refractivity contribution in [3.05, 3.63) is 41.0 Å². The van der Waals surface area contributed by atoms with Gasteiger partial charge in [-0.1, -0.05) is 38.1 Å². The first-order valence-corrected chi connectivity index (χ1v) is 12.3. The summed E-state index contributed by atoms with van der Waals surface area (Å²) in [6.45, 7) is 9.45. The lowest BCUT2D eigenvalue weighted by Crippen LogP contribution is -2.33. The summed E-state index contributed by atoms with van der Waals surface area (Å²) in [6, 6.07) is 8.15. The van der Waals surface area contributed by atoms with Gasteiger partial charge in [0.25, 0.3) is 0 Å². The highest BCUT2D eigenvalue weighted by Crippen LogP contribution is 2.27. The molecular formula is C24H36N4O4S2. The second kappa shape index (κ2) is 14.7. The van der Waals surface area contributed by atoms with Crippen LogP contribution in [0.15, 0.2) is 29.8 Å². The van der Waals surface area contributed by atoms with Crippen molar-refractivity contribution < 1.29 is 19.5 Å². The summed E-state index contributed by atoms with van der Waals surface area (Å²) < 4.78 is -0.242. The Balaban J connectivity index is 0.000000297. The Hall–Kier alpha value is -2.43. The third-order valence-electron chi connectivity index (χ3n) is 4.83. The molecule has 8 nitrogen and oxygen atoms in total. The van der Waals surface area contributed by atoms with Crippen molar-refractivity contribution in [2.45, 2.75) is 51.8 Å². The highest BCUT2D eigenvalue weighted by Gasteiger charge is 2.28. The van der Waals surface area contributed by atoms with Crippen LogP contribution < -0.4 is 11.1 Å². The molecule has 0 saturated carbocycles. The third-order valence-corrected chi connectivity index (χ3v) is 5.97. The van der Waals surface area contributed by atoms with Crippen LogP contribution in [0.25, 0.3) is 10.4 Å². The van der Waals surface area contributed by atoms with Crippen LogP contribution in [0.1, 0.15) is 44.9 Å². The van der Waals surface area contributed by atoms with E-state index in [1.54, 1.807) is 11.3 Å². The van der Waals surface area contributed by atoms with Crippen LogP contribution >= 0.6 is 24.0 Å². The highest BCUT2D eigenvalue weighted by molar-refractivity contribution is 7.81. The third kappa shape index (κ3) is 11.6. The van der Waals surface area contributed by atoms with Crippen LogP contribution in [0.3, 0.4) is 0 Å². The topological polar surface area (TPSA) is 126 Å². The van der Waals surface area contributed by atoms with Gasteiger partial charge in [-0.3, -0.25) is 14.4 Å². The normalized spacial score (nSPS) is 14.9. The maximum absolute atomic E-state index is 11.7. The Morgan fingerprint density at radius 2 is 1.97 bits per heavy atom. The number of hydrogen-bond acceptors (Lipinski definition) is 7. The van der Waals surface area contributed by atoms with E-state index in [1.165, 1.54) is 17.4 Å². The van der Waals surface area contributed by atoms with Crippen LogP contribution in [-0.4, -0.2) is 57.7 Å². The lowest BCUT2D eigenvalue weighted by molar-refractivity contribution is -0.130. The van der Waals surface area contributed by atoms with Gasteiger partial charge in [-0.25, -0.2) is 4.98 Å². The van der Waals surface area contributed by atoms with Gasteiger partial charge >= 0.3 is 0 Å². The van der Waals surface area contributed by atoms with E-state index >= 15 is 0 Å². The van der Waals surface area contributed by atoms with Gasteiger partial charge in [0.1, 0.15) is 0 Å².